The van der Waals surface area contributed by atoms with Crippen LogP contribution < -0.4 is 15.4 Å². The highest BCUT2D eigenvalue weighted by atomic mass is 35.5. The predicted molar refractivity (Wildman–Crippen MR) is 123 cm³/mol. The van der Waals surface area contributed by atoms with Crippen LogP contribution in [-0.2, 0) is 7.05 Å². The van der Waals surface area contributed by atoms with Gasteiger partial charge in [-0.1, -0.05) is 23.2 Å². The van der Waals surface area contributed by atoms with E-state index in [-0.39, 0.29) is 32.8 Å². The molecule has 0 radical (unpaired) electrons. The van der Waals surface area contributed by atoms with Crippen LogP contribution in [0.5, 0.6) is 5.88 Å². The summed E-state index contributed by atoms with van der Waals surface area (Å²) < 4.78 is 163. The van der Waals surface area contributed by atoms with Crippen LogP contribution in [0, 0.1) is 5.82 Å². The third kappa shape index (κ3) is 6.20. The molecule has 1 amide bonds. The van der Waals surface area contributed by atoms with Crippen molar-refractivity contribution in [2.45, 2.75) is 30.4 Å². The molecule has 0 atom stereocenters. The Balaban J connectivity index is 1.99. The highest BCUT2D eigenvalue weighted by molar-refractivity contribution is 6.39. The number of carbonyl (C=O) groups excluding carboxylic acids is 1. The van der Waals surface area contributed by atoms with E-state index >= 15 is 0 Å². The molecule has 0 saturated carbocycles. The number of anilines is 2. The second kappa shape index (κ2) is 11.4. The molecule has 0 aliphatic rings. The van der Waals surface area contributed by atoms with Crippen LogP contribution in [0.2, 0.25) is 10.0 Å². The summed E-state index contributed by atoms with van der Waals surface area (Å²) in [6.07, 6.45) is -10.3. The Morgan fingerprint density at radius 2 is 1.55 bits per heavy atom. The van der Waals surface area contributed by atoms with E-state index in [1.807, 2.05) is 0 Å². The number of pyridine rings is 1. The fourth-order valence-electron chi connectivity index (χ4n) is 3.20. The van der Waals surface area contributed by atoms with Crippen molar-refractivity contribution in [3.8, 4) is 5.88 Å². The Hall–Kier alpha value is -3.35. The van der Waals surface area contributed by atoms with Gasteiger partial charge in [0.15, 0.2) is 12.3 Å². The Labute approximate surface area is 235 Å². The number of ether oxygens (including phenoxy) is 1. The molecule has 0 aliphatic carbocycles. The Morgan fingerprint density at radius 1 is 0.976 bits per heavy atom. The lowest BCUT2D eigenvalue weighted by atomic mass is 10.0. The van der Waals surface area contributed by atoms with Crippen molar-refractivity contribution in [3.63, 3.8) is 0 Å². The molecule has 232 valence electrons. The third-order valence-corrected chi connectivity index (χ3v) is 5.92. The maximum atomic E-state index is 13.9. The molecule has 0 unspecified atom stereocenters. The summed E-state index contributed by atoms with van der Waals surface area (Å²) >= 11 is 11.9. The zero-order chi connectivity index (χ0) is 32.0. The van der Waals surface area contributed by atoms with E-state index in [0.717, 1.165) is 22.0 Å². The molecule has 1 aromatic carbocycles. The highest BCUT2D eigenvalue weighted by Gasteiger charge is 2.81. The van der Waals surface area contributed by atoms with Crippen molar-refractivity contribution in [3.05, 3.63) is 39.6 Å². The molecular weight excluding hydrogens is 653 g/mol. The number of hydrogen-bond donors (Lipinski definition) is 2. The van der Waals surface area contributed by atoms with E-state index in [2.05, 4.69) is 20.0 Å². The minimum absolute atomic E-state index is 0.0795. The molecular formula is C21H13Cl2F12N5O2. The molecule has 0 spiro atoms. The molecule has 3 rings (SSSR count). The molecule has 2 aromatic heterocycles. The van der Waals surface area contributed by atoms with Gasteiger partial charge in [-0.05, 0) is 18.2 Å². The van der Waals surface area contributed by atoms with Crippen molar-refractivity contribution >= 4 is 51.9 Å². The van der Waals surface area contributed by atoms with Crippen molar-refractivity contribution < 1.29 is 62.2 Å². The summed E-state index contributed by atoms with van der Waals surface area (Å²) in [5.74, 6) is -24.3. The zero-order valence-electron chi connectivity index (χ0n) is 20.2. The number of benzene rings is 1. The fraction of sp³-hybridized carbons (Fsp3) is 0.381. The molecule has 21 heteroatoms. The van der Waals surface area contributed by atoms with Gasteiger partial charge in [0, 0.05) is 7.05 Å². The van der Waals surface area contributed by atoms with Crippen LogP contribution in [0.3, 0.4) is 0 Å². The van der Waals surface area contributed by atoms with E-state index in [1.54, 1.807) is 0 Å². The van der Waals surface area contributed by atoms with Crippen molar-refractivity contribution in [2.75, 3.05) is 18.5 Å². The number of fused-ring (bicyclic) bond motifs is 1. The van der Waals surface area contributed by atoms with Gasteiger partial charge in [0.2, 0.25) is 11.8 Å². The second-order valence-corrected chi connectivity index (χ2v) is 9.10. The lowest BCUT2D eigenvalue weighted by Crippen LogP contribution is -2.63. The first kappa shape index (κ1) is 33.2. The molecule has 0 fully saturated rings. The first-order chi connectivity index (χ1) is 19.1. The van der Waals surface area contributed by atoms with E-state index in [0.29, 0.717) is 6.07 Å². The number of amides is 1. The third-order valence-electron chi connectivity index (χ3n) is 5.32. The van der Waals surface area contributed by atoms with E-state index < -0.39 is 66.7 Å². The van der Waals surface area contributed by atoms with Crippen LogP contribution in [0.4, 0.5) is 64.3 Å². The van der Waals surface area contributed by atoms with Gasteiger partial charge in [0.05, 0.1) is 22.3 Å². The lowest BCUT2D eigenvalue weighted by Gasteiger charge is -2.33. The number of nitrogens with one attached hydrogen (secondary N) is 2. The number of alkyl halides is 11. The van der Waals surface area contributed by atoms with Gasteiger partial charge in [0.25, 0.3) is 12.3 Å². The average Bonchev–Trinajstić information content (AvgIpc) is 3.16. The second-order valence-electron chi connectivity index (χ2n) is 8.28. The van der Waals surface area contributed by atoms with Gasteiger partial charge in [-0.15, -0.1) is 0 Å². The van der Waals surface area contributed by atoms with Gasteiger partial charge in [-0.25, -0.2) is 18.2 Å². The first-order valence-corrected chi connectivity index (χ1v) is 11.5. The van der Waals surface area contributed by atoms with Crippen LogP contribution in [-0.4, -0.2) is 64.0 Å². The molecule has 2 N–H and O–H groups in total. The number of hydrogen-bond acceptors (Lipinski definition) is 5. The largest absolute Gasteiger partial charge is 0.471 e. The molecule has 0 bridgehead atoms. The van der Waals surface area contributed by atoms with Gasteiger partial charge in [0.1, 0.15) is 16.9 Å². The zero-order valence-corrected chi connectivity index (χ0v) is 21.7. The topological polar surface area (TPSA) is 81.1 Å². The molecule has 0 saturated heterocycles. The predicted octanol–water partition coefficient (Wildman–Crippen LogP) is 7.00. The SMILES string of the molecule is Cn1c(Nc2c(Cl)cc(F)cc2Cl)nc2cc(C(=O)NCC(F)(F)C(F)(F)C(F)(F)C(F)(F)F)c(OCC(F)F)nc21. The van der Waals surface area contributed by atoms with Crippen LogP contribution in [0.15, 0.2) is 18.2 Å². The van der Waals surface area contributed by atoms with Crippen LogP contribution in [0.1, 0.15) is 10.4 Å². The number of aromatic nitrogens is 3. The maximum Gasteiger partial charge on any atom is 0.460 e. The van der Waals surface area contributed by atoms with Crippen LogP contribution >= 0.6 is 23.2 Å². The van der Waals surface area contributed by atoms with Crippen molar-refractivity contribution in [1.29, 1.82) is 0 Å². The lowest BCUT2D eigenvalue weighted by molar-refractivity contribution is -0.394. The normalized spacial score (nSPS) is 13.1. The van der Waals surface area contributed by atoms with Crippen LogP contribution in [0.25, 0.3) is 11.2 Å². The molecule has 2 heterocycles. The highest BCUT2D eigenvalue weighted by Crippen LogP contribution is 2.52. The van der Waals surface area contributed by atoms with Crippen molar-refractivity contribution in [2.24, 2.45) is 7.05 Å². The summed E-state index contributed by atoms with van der Waals surface area (Å²) in [6.45, 7) is -4.19. The number of carbonyl (C=O) groups is 1. The number of imidazole rings is 1. The monoisotopic (exact) mass is 665 g/mol. The number of halogens is 14. The molecule has 42 heavy (non-hydrogen) atoms. The van der Waals surface area contributed by atoms with E-state index in [9.17, 15) is 57.5 Å². The first-order valence-electron chi connectivity index (χ1n) is 10.8. The Bertz CT molecular complexity index is 1470. The summed E-state index contributed by atoms with van der Waals surface area (Å²) in [6, 6.07) is 2.43. The minimum atomic E-state index is -7.20. The van der Waals surface area contributed by atoms with Gasteiger partial charge < -0.3 is 15.4 Å². The molecule has 7 nitrogen and oxygen atoms in total. The fourth-order valence-corrected chi connectivity index (χ4v) is 3.76. The summed E-state index contributed by atoms with van der Waals surface area (Å²) in [5.41, 5.74) is -1.66. The smallest absolute Gasteiger partial charge is 0.460 e. The van der Waals surface area contributed by atoms with Gasteiger partial charge >= 0.3 is 23.9 Å². The maximum absolute atomic E-state index is 13.9. The Kier molecular flexibility index (Phi) is 8.99. The van der Waals surface area contributed by atoms with Gasteiger partial charge in [-0.3, -0.25) is 9.36 Å². The summed E-state index contributed by atoms with van der Waals surface area (Å²) in [4.78, 5) is 20.3. The molecule has 3 aromatic rings. The summed E-state index contributed by atoms with van der Waals surface area (Å²) in [5, 5.41) is 3.20. The van der Waals surface area contributed by atoms with E-state index in [1.165, 1.54) is 7.05 Å². The summed E-state index contributed by atoms with van der Waals surface area (Å²) in [7, 11) is 1.27. The number of aryl methyl sites for hydroxylation is 1. The van der Waals surface area contributed by atoms with Gasteiger partial charge in [-0.2, -0.15) is 44.5 Å². The standard InChI is InChI=1S/C21H13Cl2F12N5O2/c1-40-14-11(37-17(40)38-13-9(22)2-7(24)3-10(13)23)4-8(16(39-14)42-5-12(25)26)15(41)36-6-18(27,28)19(29,30)20(31,32)21(33,34)35/h2-4,12H,5-6H2,1H3,(H,36,41)(H,37,38). The Morgan fingerprint density at radius 3 is 2.07 bits per heavy atom. The average molecular weight is 666 g/mol. The van der Waals surface area contributed by atoms with Crippen molar-refractivity contribution in [1.82, 2.24) is 19.9 Å². The number of nitrogens with zero attached hydrogens (tertiary/aromatic N) is 3. The molecule has 0 aliphatic heterocycles. The quantitative estimate of drug-likeness (QED) is 0.228. The van der Waals surface area contributed by atoms with E-state index in [4.69, 9.17) is 23.2 Å². The minimum Gasteiger partial charge on any atom is -0.471 e. The number of rotatable bonds is 10.